The van der Waals surface area contributed by atoms with Gasteiger partial charge in [-0.2, -0.15) is 0 Å². The lowest BCUT2D eigenvalue weighted by atomic mass is 10.0. The number of rotatable bonds is 6. The summed E-state index contributed by atoms with van der Waals surface area (Å²) >= 11 is 0. The highest BCUT2D eigenvalue weighted by Gasteiger charge is 2.23. The topological polar surface area (TPSA) is 38.3 Å². The van der Waals surface area contributed by atoms with Crippen molar-refractivity contribution in [2.75, 3.05) is 7.11 Å². The van der Waals surface area contributed by atoms with Gasteiger partial charge < -0.3 is 4.74 Å². The normalized spacial score (nSPS) is 13.7. The van der Waals surface area contributed by atoms with Crippen LogP contribution in [0.1, 0.15) is 12.5 Å². The zero-order valence-electron chi connectivity index (χ0n) is 10.7. The highest BCUT2D eigenvalue weighted by Crippen LogP contribution is 2.09. The van der Waals surface area contributed by atoms with Crippen LogP contribution in [0.2, 0.25) is 0 Å². The molecule has 2 atom stereocenters. The molecular formula is C14H18FNO2. The summed E-state index contributed by atoms with van der Waals surface area (Å²) in [4.78, 5) is 11.6. The van der Waals surface area contributed by atoms with Crippen molar-refractivity contribution in [3.05, 3.63) is 48.3 Å². The minimum Gasteiger partial charge on any atom is -0.468 e. The summed E-state index contributed by atoms with van der Waals surface area (Å²) in [5.41, 5.74) is 0.778. The Balaban J connectivity index is 2.67. The predicted octanol–water partition coefficient (Wildman–Crippen LogP) is 2.28. The van der Waals surface area contributed by atoms with Crippen LogP contribution in [-0.2, 0) is 16.1 Å². The van der Waals surface area contributed by atoms with Crippen molar-refractivity contribution in [3.8, 4) is 0 Å². The third kappa shape index (κ3) is 3.96. The Kier molecular flexibility index (Phi) is 5.52. The fraction of sp³-hybridized carbons (Fsp3) is 0.357. The second kappa shape index (κ2) is 6.91. The lowest BCUT2D eigenvalue weighted by molar-refractivity contribution is -0.144. The minimum absolute atomic E-state index is 0.0639. The molecule has 0 bridgehead atoms. The quantitative estimate of drug-likeness (QED) is 0.622. The van der Waals surface area contributed by atoms with E-state index in [0.29, 0.717) is 6.54 Å². The third-order valence-electron chi connectivity index (χ3n) is 2.77. The first-order valence-electron chi connectivity index (χ1n) is 5.76. The van der Waals surface area contributed by atoms with Gasteiger partial charge in [0.05, 0.1) is 7.11 Å². The number of benzene rings is 1. The Morgan fingerprint density at radius 1 is 1.61 bits per heavy atom. The summed E-state index contributed by atoms with van der Waals surface area (Å²) in [6.45, 7) is 5.93. The fourth-order valence-electron chi connectivity index (χ4n) is 1.62. The van der Waals surface area contributed by atoms with Crippen molar-refractivity contribution in [1.82, 2.24) is 5.32 Å². The third-order valence-corrected chi connectivity index (χ3v) is 2.77. The predicted molar refractivity (Wildman–Crippen MR) is 68.4 cm³/mol. The van der Waals surface area contributed by atoms with Crippen LogP contribution in [0.15, 0.2) is 36.9 Å². The number of nitrogens with one attached hydrogen (secondary N) is 1. The van der Waals surface area contributed by atoms with E-state index >= 15 is 0 Å². The molecule has 0 heterocycles. The molecule has 0 fully saturated rings. The Hall–Kier alpha value is -1.68. The summed E-state index contributed by atoms with van der Waals surface area (Å²) in [7, 11) is 1.34. The summed E-state index contributed by atoms with van der Waals surface area (Å²) in [6.07, 6.45) is 1.68. The van der Waals surface area contributed by atoms with E-state index in [1.54, 1.807) is 18.2 Å². The molecule has 0 aliphatic rings. The number of carbonyl (C=O) groups is 1. The standard InChI is InChI=1S/C14H18FNO2/c1-4-10(2)13(14(17)18-3)16-9-11-6-5-7-12(15)8-11/h4-8,10,13,16H,1,9H2,2-3H3/t10-,13-/m0/s1. The van der Waals surface area contributed by atoms with Crippen LogP contribution < -0.4 is 5.32 Å². The number of halogens is 1. The van der Waals surface area contributed by atoms with Gasteiger partial charge in [0.15, 0.2) is 0 Å². The molecule has 0 saturated carbocycles. The first-order chi connectivity index (χ1) is 8.58. The number of hydrogen-bond donors (Lipinski definition) is 1. The van der Waals surface area contributed by atoms with Crippen LogP contribution in [0.25, 0.3) is 0 Å². The minimum atomic E-state index is -0.476. The molecule has 98 valence electrons. The maximum absolute atomic E-state index is 13.0. The molecule has 4 heteroatoms. The van der Waals surface area contributed by atoms with E-state index in [1.165, 1.54) is 19.2 Å². The summed E-state index contributed by atoms with van der Waals surface area (Å²) in [5.74, 6) is -0.703. The van der Waals surface area contributed by atoms with Crippen LogP contribution in [0, 0.1) is 11.7 Å². The van der Waals surface area contributed by atoms with E-state index in [1.807, 2.05) is 6.92 Å². The molecule has 0 aliphatic carbocycles. The summed E-state index contributed by atoms with van der Waals surface area (Å²) < 4.78 is 17.7. The highest BCUT2D eigenvalue weighted by atomic mass is 19.1. The number of methoxy groups -OCH3 is 1. The molecule has 0 aliphatic heterocycles. The van der Waals surface area contributed by atoms with Crippen molar-refractivity contribution in [2.24, 2.45) is 5.92 Å². The molecule has 3 nitrogen and oxygen atoms in total. The number of hydrogen-bond acceptors (Lipinski definition) is 3. The van der Waals surface area contributed by atoms with Gasteiger partial charge in [0.1, 0.15) is 11.9 Å². The first-order valence-corrected chi connectivity index (χ1v) is 5.76. The zero-order valence-corrected chi connectivity index (χ0v) is 10.7. The Bertz CT molecular complexity index is 420. The molecule has 1 N–H and O–H groups in total. The van der Waals surface area contributed by atoms with E-state index in [9.17, 15) is 9.18 Å². The van der Waals surface area contributed by atoms with Crippen LogP contribution in [-0.4, -0.2) is 19.1 Å². The van der Waals surface area contributed by atoms with Gasteiger partial charge in [0.25, 0.3) is 0 Å². The van der Waals surface area contributed by atoms with Gasteiger partial charge in [-0.25, -0.2) is 4.39 Å². The lowest BCUT2D eigenvalue weighted by Gasteiger charge is -2.20. The highest BCUT2D eigenvalue weighted by molar-refractivity contribution is 5.76. The van der Waals surface area contributed by atoms with E-state index < -0.39 is 6.04 Å². The van der Waals surface area contributed by atoms with Gasteiger partial charge in [-0.05, 0) is 23.6 Å². The van der Waals surface area contributed by atoms with Gasteiger partial charge in [0.2, 0.25) is 0 Å². The molecule has 0 unspecified atom stereocenters. The largest absolute Gasteiger partial charge is 0.468 e. The smallest absolute Gasteiger partial charge is 0.323 e. The maximum atomic E-state index is 13.0. The van der Waals surface area contributed by atoms with Crippen molar-refractivity contribution in [2.45, 2.75) is 19.5 Å². The maximum Gasteiger partial charge on any atom is 0.323 e. The molecule has 1 aromatic carbocycles. The van der Waals surface area contributed by atoms with Gasteiger partial charge in [0, 0.05) is 6.54 Å². The Morgan fingerprint density at radius 2 is 2.33 bits per heavy atom. The van der Waals surface area contributed by atoms with Crippen LogP contribution in [0.3, 0.4) is 0 Å². The number of esters is 1. The molecule has 0 amide bonds. The number of carbonyl (C=O) groups excluding carboxylic acids is 1. The molecule has 18 heavy (non-hydrogen) atoms. The molecule has 0 radical (unpaired) electrons. The van der Waals surface area contributed by atoms with E-state index in [4.69, 9.17) is 4.74 Å². The molecule has 0 spiro atoms. The van der Waals surface area contributed by atoms with Gasteiger partial charge >= 0.3 is 5.97 Å². The Labute approximate surface area is 107 Å². The first kappa shape index (κ1) is 14.4. The van der Waals surface area contributed by atoms with Gasteiger partial charge in [-0.15, -0.1) is 6.58 Å². The van der Waals surface area contributed by atoms with Crippen molar-refractivity contribution in [3.63, 3.8) is 0 Å². The molecular weight excluding hydrogens is 233 g/mol. The summed E-state index contributed by atoms with van der Waals surface area (Å²) in [6, 6.07) is 5.77. The SMILES string of the molecule is C=C[C@H](C)[C@H](NCc1cccc(F)c1)C(=O)OC. The molecule has 1 aromatic rings. The van der Waals surface area contributed by atoms with Crippen LogP contribution in [0.5, 0.6) is 0 Å². The lowest BCUT2D eigenvalue weighted by Crippen LogP contribution is -2.41. The van der Waals surface area contributed by atoms with Crippen molar-refractivity contribution in [1.29, 1.82) is 0 Å². The van der Waals surface area contributed by atoms with E-state index in [-0.39, 0.29) is 17.7 Å². The second-order valence-electron chi connectivity index (χ2n) is 4.11. The van der Waals surface area contributed by atoms with Crippen LogP contribution in [0.4, 0.5) is 4.39 Å². The average Bonchev–Trinajstić information content (AvgIpc) is 2.38. The molecule has 0 aromatic heterocycles. The van der Waals surface area contributed by atoms with Gasteiger partial charge in [-0.1, -0.05) is 25.1 Å². The van der Waals surface area contributed by atoms with Gasteiger partial charge in [-0.3, -0.25) is 10.1 Å². The Morgan fingerprint density at radius 3 is 2.89 bits per heavy atom. The monoisotopic (exact) mass is 251 g/mol. The average molecular weight is 251 g/mol. The van der Waals surface area contributed by atoms with Crippen molar-refractivity contribution >= 4 is 5.97 Å². The summed E-state index contributed by atoms with van der Waals surface area (Å²) in [5, 5.41) is 3.05. The van der Waals surface area contributed by atoms with E-state index in [2.05, 4.69) is 11.9 Å². The fourth-order valence-corrected chi connectivity index (χ4v) is 1.62. The van der Waals surface area contributed by atoms with Crippen molar-refractivity contribution < 1.29 is 13.9 Å². The zero-order chi connectivity index (χ0) is 13.5. The van der Waals surface area contributed by atoms with E-state index in [0.717, 1.165) is 5.56 Å². The van der Waals surface area contributed by atoms with Crippen LogP contribution >= 0.6 is 0 Å². The molecule has 1 rings (SSSR count). The molecule has 0 saturated heterocycles. The number of ether oxygens (including phenoxy) is 1. The second-order valence-corrected chi connectivity index (χ2v) is 4.11.